The van der Waals surface area contributed by atoms with E-state index in [0.717, 1.165) is 43.7 Å². The summed E-state index contributed by atoms with van der Waals surface area (Å²) in [5, 5.41) is 5.65. The van der Waals surface area contributed by atoms with E-state index in [1.807, 2.05) is 30.3 Å². The lowest BCUT2D eigenvalue weighted by Gasteiger charge is -2.26. The molecule has 0 radical (unpaired) electrons. The third-order valence-electron chi connectivity index (χ3n) is 3.94. The molecule has 3 heteroatoms. The van der Waals surface area contributed by atoms with Gasteiger partial charge < -0.3 is 10.2 Å². The summed E-state index contributed by atoms with van der Waals surface area (Å²) in [6.07, 6.45) is 0.609. The third kappa shape index (κ3) is 3.06. The standard InChI is InChI=1S/C17H20N2O/c20-17(7-10-19-11-8-18-9-12-19)16-6-5-14-3-1-2-4-15(14)13-16/h1-6,13,18H,7-12H2. The molecule has 2 aromatic rings. The largest absolute Gasteiger partial charge is 0.314 e. The highest BCUT2D eigenvalue weighted by Gasteiger charge is 2.12. The van der Waals surface area contributed by atoms with Crippen LogP contribution in [0.2, 0.25) is 0 Å². The predicted octanol–water partition coefficient (Wildman–Crippen LogP) is 2.32. The van der Waals surface area contributed by atoms with Crippen LogP contribution in [0.5, 0.6) is 0 Å². The molecule has 0 bridgehead atoms. The van der Waals surface area contributed by atoms with Gasteiger partial charge in [-0.1, -0.05) is 36.4 Å². The van der Waals surface area contributed by atoms with E-state index in [9.17, 15) is 4.79 Å². The van der Waals surface area contributed by atoms with E-state index in [4.69, 9.17) is 0 Å². The number of piperazine rings is 1. The van der Waals surface area contributed by atoms with Crippen molar-refractivity contribution in [2.24, 2.45) is 0 Å². The molecular weight excluding hydrogens is 248 g/mol. The Kier molecular flexibility index (Phi) is 4.09. The molecule has 1 heterocycles. The zero-order chi connectivity index (χ0) is 13.8. The van der Waals surface area contributed by atoms with Gasteiger partial charge in [0.2, 0.25) is 0 Å². The van der Waals surface area contributed by atoms with Crippen molar-refractivity contribution in [2.75, 3.05) is 32.7 Å². The molecule has 1 aliphatic rings. The summed E-state index contributed by atoms with van der Waals surface area (Å²) < 4.78 is 0. The van der Waals surface area contributed by atoms with Gasteiger partial charge in [0.15, 0.2) is 5.78 Å². The molecule has 0 unspecified atom stereocenters. The molecular formula is C17H20N2O. The maximum absolute atomic E-state index is 12.3. The first kappa shape index (κ1) is 13.3. The van der Waals surface area contributed by atoms with Gasteiger partial charge in [0, 0.05) is 44.7 Å². The molecule has 0 aliphatic carbocycles. The number of fused-ring (bicyclic) bond motifs is 1. The average molecular weight is 268 g/mol. The normalized spacial score (nSPS) is 16.4. The highest BCUT2D eigenvalue weighted by Crippen LogP contribution is 2.16. The van der Waals surface area contributed by atoms with Gasteiger partial charge in [-0.15, -0.1) is 0 Å². The molecule has 0 atom stereocenters. The van der Waals surface area contributed by atoms with Crippen LogP contribution in [-0.4, -0.2) is 43.4 Å². The van der Waals surface area contributed by atoms with Crippen molar-refractivity contribution >= 4 is 16.6 Å². The molecule has 3 nitrogen and oxygen atoms in total. The number of hydrogen-bond acceptors (Lipinski definition) is 3. The number of nitrogens with zero attached hydrogens (tertiary/aromatic N) is 1. The average Bonchev–Trinajstić information content (AvgIpc) is 2.53. The van der Waals surface area contributed by atoms with Crippen LogP contribution < -0.4 is 5.32 Å². The maximum Gasteiger partial charge on any atom is 0.164 e. The first-order valence-electron chi connectivity index (χ1n) is 7.28. The Balaban J connectivity index is 1.65. The molecule has 0 saturated carbocycles. The first-order valence-corrected chi connectivity index (χ1v) is 7.28. The van der Waals surface area contributed by atoms with Gasteiger partial charge in [0.25, 0.3) is 0 Å². The minimum Gasteiger partial charge on any atom is -0.314 e. The Morgan fingerprint density at radius 3 is 2.60 bits per heavy atom. The lowest BCUT2D eigenvalue weighted by Crippen LogP contribution is -2.44. The van der Waals surface area contributed by atoms with Crippen molar-refractivity contribution in [3.63, 3.8) is 0 Å². The quantitative estimate of drug-likeness (QED) is 0.864. The molecule has 20 heavy (non-hydrogen) atoms. The number of hydrogen-bond donors (Lipinski definition) is 1. The second-order valence-corrected chi connectivity index (χ2v) is 5.33. The maximum atomic E-state index is 12.3. The fraction of sp³-hybridized carbons (Fsp3) is 0.353. The van der Waals surface area contributed by atoms with E-state index < -0.39 is 0 Å². The molecule has 2 aromatic carbocycles. The minimum atomic E-state index is 0.245. The second kappa shape index (κ2) is 6.16. The molecule has 1 N–H and O–H groups in total. The SMILES string of the molecule is O=C(CCN1CCNCC1)c1ccc2ccccc2c1. The summed E-state index contributed by atoms with van der Waals surface area (Å²) in [6.45, 7) is 5.03. The van der Waals surface area contributed by atoms with Crippen molar-refractivity contribution in [2.45, 2.75) is 6.42 Å². The molecule has 3 rings (SSSR count). The summed E-state index contributed by atoms with van der Waals surface area (Å²) in [6, 6.07) is 14.2. The van der Waals surface area contributed by atoms with Crippen LogP contribution in [0.4, 0.5) is 0 Å². The predicted molar refractivity (Wildman–Crippen MR) is 82.2 cm³/mol. The van der Waals surface area contributed by atoms with Crippen molar-refractivity contribution in [3.05, 3.63) is 48.0 Å². The van der Waals surface area contributed by atoms with Crippen molar-refractivity contribution in [1.82, 2.24) is 10.2 Å². The molecule has 0 aromatic heterocycles. The number of benzene rings is 2. The summed E-state index contributed by atoms with van der Waals surface area (Å²) >= 11 is 0. The third-order valence-corrected chi connectivity index (χ3v) is 3.94. The Labute approximate surface area is 119 Å². The first-order chi connectivity index (χ1) is 9.83. The Hall–Kier alpha value is -1.71. The Bertz CT molecular complexity index is 603. The van der Waals surface area contributed by atoms with Crippen molar-refractivity contribution in [3.8, 4) is 0 Å². The smallest absolute Gasteiger partial charge is 0.164 e. The van der Waals surface area contributed by atoms with Crippen LogP contribution in [0, 0.1) is 0 Å². The fourth-order valence-corrected chi connectivity index (χ4v) is 2.70. The van der Waals surface area contributed by atoms with Gasteiger partial charge in [0.1, 0.15) is 0 Å². The minimum absolute atomic E-state index is 0.245. The fourth-order valence-electron chi connectivity index (χ4n) is 2.70. The molecule has 1 fully saturated rings. The van der Waals surface area contributed by atoms with Crippen LogP contribution in [-0.2, 0) is 0 Å². The summed E-state index contributed by atoms with van der Waals surface area (Å²) in [7, 11) is 0. The molecule has 0 amide bonds. The van der Waals surface area contributed by atoms with Gasteiger partial charge >= 0.3 is 0 Å². The van der Waals surface area contributed by atoms with Crippen molar-refractivity contribution in [1.29, 1.82) is 0 Å². The highest BCUT2D eigenvalue weighted by atomic mass is 16.1. The topological polar surface area (TPSA) is 32.3 Å². The number of carbonyl (C=O) groups is 1. The van der Waals surface area contributed by atoms with Crippen LogP contribution in [0.15, 0.2) is 42.5 Å². The molecule has 1 saturated heterocycles. The van der Waals surface area contributed by atoms with Crippen LogP contribution in [0.25, 0.3) is 10.8 Å². The number of Topliss-reactive ketones (excluding diaryl/α,β-unsaturated/α-hetero) is 1. The van der Waals surface area contributed by atoms with Gasteiger partial charge in [0.05, 0.1) is 0 Å². The van der Waals surface area contributed by atoms with Gasteiger partial charge in [-0.25, -0.2) is 0 Å². The monoisotopic (exact) mass is 268 g/mol. The highest BCUT2D eigenvalue weighted by molar-refractivity contribution is 6.00. The summed E-state index contributed by atoms with van der Waals surface area (Å²) in [5.41, 5.74) is 0.832. The number of rotatable bonds is 4. The van der Waals surface area contributed by atoms with Crippen LogP contribution in [0.3, 0.4) is 0 Å². The molecule has 1 aliphatic heterocycles. The lowest BCUT2D eigenvalue weighted by molar-refractivity contribution is 0.0961. The van der Waals surface area contributed by atoms with Gasteiger partial charge in [-0.05, 0) is 16.8 Å². The van der Waals surface area contributed by atoms with Crippen LogP contribution >= 0.6 is 0 Å². The second-order valence-electron chi connectivity index (χ2n) is 5.33. The number of ketones is 1. The number of nitrogens with one attached hydrogen (secondary N) is 1. The van der Waals surface area contributed by atoms with Gasteiger partial charge in [-0.3, -0.25) is 4.79 Å². The Morgan fingerprint density at radius 2 is 1.80 bits per heavy atom. The van der Waals surface area contributed by atoms with E-state index in [-0.39, 0.29) is 5.78 Å². The van der Waals surface area contributed by atoms with E-state index in [2.05, 4.69) is 22.3 Å². The molecule has 104 valence electrons. The zero-order valence-electron chi connectivity index (χ0n) is 11.6. The van der Waals surface area contributed by atoms with Crippen LogP contribution in [0.1, 0.15) is 16.8 Å². The zero-order valence-corrected chi connectivity index (χ0v) is 11.6. The Morgan fingerprint density at radius 1 is 1.05 bits per heavy atom. The van der Waals surface area contributed by atoms with E-state index in [1.54, 1.807) is 0 Å². The summed E-state index contributed by atoms with van der Waals surface area (Å²) in [4.78, 5) is 14.6. The lowest BCUT2D eigenvalue weighted by atomic mass is 10.0. The van der Waals surface area contributed by atoms with Gasteiger partial charge in [-0.2, -0.15) is 0 Å². The molecule has 0 spiro atoms. The summed E-state index contributed by atoms with van der Waals surface area (Å²) in [5.74, 6) is 0.245. The van der Waals surface area contributed by atoms with E-state index in [1.165, 1.54) is 5.39 Å². The van der Waals surface area contributed by atoms with E-state index in [0.29, 0.717) is 6.42 Å². The number of carbonyl (C=O) groups excluding carboxylic acids is 1. The van der Waals surface area contributed by atoms with E-state index >= 15 is 0 Å². The van der Waals surface area contributed by atoms with Crippen molar-refractivity contribution < 1.29 is 4.79 Å².